The average molecular weight is 233 g/mol. The van der Waals surface area contributed by atoms with E-state index in [0.717, 1.165) is 13.0 Å². The molecular formula is C9H19N3O2S. The van der Waals surface area contributed by atoms with Gasteiger partial charge in [0, 0.05) is 32.7 Å². The Morgan fingerprint density at radius 2 is 2.27 bits per heavy atom. The van der Waals surface area contributed by atoms with Crippen LogP contribution in [0.25, 0.3) is 0 Å². The molecule has 1 atom stereocenters. The monoisotopic (exact) mass is 233 g/mol. The van der Waals surface area contributed by atoms with Crippen LogP contribution in [0.2, 0.25) is 0 Å². The summed E-state index contributed by atoms with van der Waals surface area (Å²) in [6.45, 7) is 3.31. The zero-order valence-electron chi connectivity index (χ0n) is 9.21. The van der Waals surface area contributed by atoms with Crippen LogP contribution in [-0.4, -0.2) is 37.3 Å². The van der Waals surface area contributed by atoms with Crippen LogP contribution in [0.5, 0.6) is 0 Å². The fourth-order valence-corrected chi connectivity index (χ4v) is 1.35. The summed E-state index contributed by atoms with van der Waals surface area (Å²) in [4.78, 5) is 10.6. The number of primary amides is 1. The van der Waals surface area contributed by atoms with Crippen molar-refractivity contribution >= 4 is 23.2 Å². The first-order valence-corrected chi connectivity index (χ1v) is 5.28. The van der Waals surface area contributed by atoms with Gasteiger partial charge in [-0.1, -0.05) is 0 Å². The second kappa shape index (κ2) is 8.43. The van der Waals surface area contributed by atoms with Gasteiger partial charge in [-0.2, -0.15) is 0 Å². The summed E-state index contributed by atoms with van der Waals surface area (Å²) in [6, 6.07) is -0.0371. The fraction of sp³-hybridized carbons (Fsp3) is 0.778. The Balaban J connectivity index is 3.51. The van der Waals surface area contributed by atoms with Crippen molar-refractivity contribution in [3.63, 3.8) is 0 Å². The topological polar surface area (TPSA) is 76.4 Å². The smallest absolute Gasteiger partial charge is 0.219 e. The lowest BCUT2D eigenvalue weighted by molar-refractivity contribution is -0.118. The molecule has 0 aliphatic heterocycles. The highest BCUT2D eigenvalue weighted by atomic mass is 32.1. The maximum atomic E-state index is 10.6. The number of nitrogens with two attached hydrogens (primary N) is 1. The third-order valence-electron chi connectivity index (χ3n) is 1.70. The molecule has 0 saturated heterocycles. The molecule has 0 aromatic heterocycles. The van der Waals surface area contributed by atoms with Gasteiger partial charge in [-0.25, -0.2) is 0 Å². The molecule has 1 amide bonds. The Morgan fingerprint density at radius 3 is 2.80 bits per heavy atom. The van der Waals surface area contributed by atoms with Gasteiger partial charge < -0.3 is 21.1 Å². The Bertz CT molecular complexity index is 212. The number of rotatable bonds is 7. The first-order chi connectivity index (χ1) is 7.06. The molecule has 5 nitrogen and oxygen atoms in total. The summed E-state index contributed by atoms with van der Waals surface area (Å²) in [5.74, 6) is -0.336. The van der Waals surface area contributed by atoms with Gasteiger partial charge in [0.1, 0.15) is 0 Å². The number of carbonyl (C=O) groups is 1. The maximum Gasteiger partial charge on any atom is 0.219 e. The van der Waals surface area contributed by atoms with Crippen molar-refractivity contribution in [1.29, 1.82) is 0 Å². The lowest BCUT2D eigenvalue weighted by Crippen LogP contribution is -2.42. The summed E-state index contributed by atoms with van der Waals surface area (Å²) in [6.07, 6.45) is 1.17. The highest BCUT2D eigenvalue weighted by molar-refractivity contribution is 7.80. The molecule has 0 bridgehead atoms. The minimum absolute atomic E-state index is 0.0371. The predicted molar refractivity (Wildman–Crippen MR) is 63.5 cm³/mol. The van der Waals surface area contributed by atoms with Gasteiger partial charge in [0.2, 0.25) is 5.91 Å². The van der Waals surface area contributed by atoms with Crippen LogP contribution >= 0.6 is 12.2 Å². The van der Waals surface area contributed by atoms with Crippen LogP contribution in [0.15, 0.2) is 0 Å². The number of carbonyl (C=O) groups excluding carboxylic acids is 1. The zero-order chi connectivity index (χ0) is 11.7. The molecule has 0 fully saturated rings. The van der Waals surface area contributed by atoms with E-state index in [4.69, 9.17) is 22.7 Å². The predicted octanol–water partition coefficient (Wildman–Crippen LogP) is -0.249. The molecule has 0 aromatic rings. The van der Waals surface area contributed by atoms with Crippen LogP contribution in [0, 0.1) is 0 Å². The standard InChI is InChI=1S/C9H19N3O2S/c1-7(6-8(10)13)12-9(15)11-4-3-5-14-2/h7H,3-6H2,1-2H3,(H2,10,13)(H2,11,12,15). The van der Waals surface area contributed by atoms with Gasteiger partial charge in [0.25, 0.3) is 0 Å². The molecular weight excluding hydrogens is 214 g/mol. The van der Waals surface area contributed by atoms with Crippen molar-refractivity contribution in [3.05, 3.63) is 0 Å². The molecule has 88 valence electrons. The number of thiocarbonyl (C=S) groups is 1. The number of methoxy groups -OCH3 is 1. The highest BCUT2D eigenvalue weighted by Crippen LogP contribution is 1.88. The van der Waals surface area contributed by atoms with Crippen LogP contribution < -0.4 is 16.4 Å². The van der Waals surface area contributed by atoms with Crippen molar-refractivity contribution in [3.8, 4) is 0 Å². The maximum absolute atomic E-state index is 10.6. The van der Waals surface area contributed by atoms with E-state index < -0.39 is 0 Å². The minimum Gasteiger partial charge on any atom is -0.385 e. The summed E-state index contributed by atoms with van der Waals surface area (Å²) in [7, 11) is 1.66. The van der Waals surface area contributed by atoms with Crippen molar-refractivity contribution in [1.82, 2.24) is 10.6 Å². The fourth-order valence-electron chi connectivity index (χ4n) is 1.05. The third-order valence-corrected chi connectivity index (χ3v) is 1.96. The van der Waals surface area contributed by atoms with E-state index >= 15 is 0 Å². The lowest BCUT2D eigenvalue weighted by atomic mass is 10.2. The molecule has 4 N–H and O–H groups in total. The lowest BCUT2D eigenvalue weighted by Gasteiger charge is -2.15. The molecule has 6 heteroatoms. The second-order valence-electron chi connectivity index (χ2n) is 3.32. The van der Waals surface area contributed by atoms with Crippen LogP contribution in [-0.2, 0) is 9.53 Å². The second-order valence-corrected chi connectivity index (χ2v) is 3.73. The summed E-state index contributed by atoms with van der Waals surface area (Å²) < 4.78 is 4.89. The molecule has 15 heavy (non-hydrogen) atoms. The summed E-state index contributed by atoms with van der Waals surface area (Å²) >= 11 is 5.02. The Hall–Kier alpha value is -0.880. The van der Waals surface area contributed by atoms with Crippen molar-refractivity contribution in [2.45, 2.75) is 25.8 Å². The van der Waals surface area contributed by atoms with Gasteiger partial charge in [-0.15, -0.1) is 0 Å². The normalized spacial score (nSPS) is 11.9. The zero-order valence-corrected chi connectivity index (χ0v) is 10.0. The number of hydrogen-bond donors (Lipinski definition) is 3. The van der Waals surface area contributed by atoms with Gasteiger partial charge in [-0.05, 0) is 25.6 Å². The van der Waals surface area contributed by atoms with Crippen LogP contribution in [0.4, 0.5) is 0 Å². The number of hydrogen-bond acceptors (Lipinski definition) is 3. The number of nitrogens with one attached hydrogen (secondary N) is 2. The molecule has 0 heterocycles. The van der Waals surface area contributed by atoms with Crippen molar-refractivity contribution in [2.75, 3.05) is 20.3 Å². The van der Waals surface area contributed by atoms with Gasteiger partial charge >= 0.3 is 0 Å². The van der Waals surface area contributed by atoms with Crippen LogP contribution in [0.1, 0.15) is 19.8 Å². The first-order valence-electron chi connectivity index (χ1n) is 4.88. The van der Waals surface area contributed by atoms with Gasteiger partial charge in [-0.3, -0.25) is 4.79 Å². The van der Waals surface area contributed by atoms with E-state index in [2.05, 4.69) is 10.6 Å². The SMILES string of the molecule is COCCCNC(=S)NC(C)CC(N)=O. The Kier molecular flexibility index (Phi) is 7.94. The molecule has 0 radical (unpaired) electrons. The van der Waals surface area contributed by atoms with E-state index in [0.29, 0.717) is 11.7 Å². The molecule has 0 aliphatic rings. The Labute approximate surface area is 95.7 Å². The van der Waals surface area contributed by atoms with E-state index in [-0.39, 0.29) is 18.4 Å². The largest absolute Gasteiger partial charge is 0.385 e. The van der Waals surface area contributed by atoms with Crippen LogP contribution in [0.3, 0.4) is 0 Å². The Morgan fingerprint density at radius 1 is 1.60 bits per heavy atom. The first kappa shape index (κ1) is 14.1. The molecule has 0 spiro atoms. The quantitative estimate of drug-likeness (QED) is 0.417. The summed E-state index contributed by atoms with van der Waals surface area (Å²) in [5, 5.41) is 6.52. The number of amides is 1. The van der Waals surface area contributed by atoms with E-state index in [1.807, 2.05) is 6.92 Å². The van der Waals surface area contributed by atoms with Crippen molar-refractivity contribution < 1.29 is 9.53 Å². The minimum atomic E-state index is -0.336. The van der Waals surface area contributed by atoms with Crippen molar-refractivity contribution in [2.24, 2.45) is 5.73 Å². The molecule has 0 aromatic carbocycles. The van der Waals surface area contributed by atoms with E-state index in [1.165, 1.54) is 0 Å². The molecule has 0 aliphatic carbocycles. The average Bonchev–Trinajstić information content (AvgIpc) is 2.10. The molecule has 1 unspecified atom stereocenters. The number of ether oxygens (including phenoxy) is 1. The molecule has 0 saturated carbocycles. The van der Waals surface area contributed by atoms with Gasteiger partial charge in [0.05, 0.1) is 0 Å². The summed E-state index contributed by atoms with van der Waals surface area (Å²) in [5.41, 5.74) is 5.05. The highest BCUT2D eigenvalue weighted by Gasteiger charge is 2.06. The van der Waals surface area contributed by atoms with Gasteiger partial charge in [0.15, 0.2) is 5.11 Å². The van der Waals surface area contributed by atoms with E-state index in [1.54, 1.807) is 7.11 Å². The van der Waals surface area contributed by atoms with E-state index in [9.17, 15) is 4.79 Å². The molecule has 0 rings (SSSR count). The third kappa shape index (κ3) is 9.42.